The lowest BCUT2D eigenvalue weighted by molar-refractivity contribution is -0.116. The first-order valence-corrected chi connectivity index (χ1v) is 6.74. The van der Waals surface area contributed by atoms with Crippen molar-refractivity contribution in [1.82, 2.24) is 0 Å². The quantitative estimate of drug-likeness (QED) is 0.813. The van der Waals surface area contributed by atoms with Crippen LogP contribution in [0, 0.1) is 11.8 Å². The number of hydrogen-bond acceptors (Lipinski definition) is 2. The average molecular weight is 280 g/mol. The van der Waals surface area contributed by atoms with Gasteiger partial charge in [-0.3, -0.25) is 4.79 Å². The van der Waals surface area contributed by atoms with E-state index in [1.165, 1.54) is 0 Å². The van der Waals surface area contributed by atoms with Crippen LogP contribution in [0.2, 0.25) is 5.02 Å². The van der Waals surface area contributed by atoms with Crippen LogP contribution in [0.25, 0.3) is 0 Å². The van der Waals surface area contributed by atoms with Crippen LogP contribution in [0.1, 0.15) is 38.2 Å². The van der Waals surface area contributed by atoms with Gasteiger partial charge in [-0.25, -0.2) is 0 Å². The smallest absolute Gasteiger partial charge is 0.224 e. The third-order valence-electron chi connectivity index (χ3n) is 2.47. The molecule has 0 saturated heterocycles. The maximum Gasteiger partial charge on any atom is 0.224 e. The molecular weight excluding hydrogens is 262 g/mol. The lowest BCUT2D eigenvalue weighted by Crippen LogP contribution is -2.12. The number of rotatable bonds is 5. The first kappa shape index (κ1) is 15.6. The van der Waals surface area contributed by atoms with Crippen molar-refractivity contribution < 1.29 is 9.90 Å². The highest BCUT2D eigenvalue weighted by Gasteiger charge is 2.06. The molecule has 0 fully saturated rings. The second-order valence-electron chi connectivity index (χ2n) is 4.12. The summed E-state index contributed by atoms with van der Waals surface area (Å²) in [6.07, 6.45) is 2.74. The van der Waals surface area contributed by atoms with E-state index in [4.69, 9.17) is 16.7 Å². The number of nitrogens with one attached hydrogen (secondary N) is 1. The Hall–Kier alpha value is -1.50. The molecule has 1 rings (SSSR count). The SMILES string of the molecule is CCCCC(=O)Nc1cc(Cl)ccc1C#CCCO. The summed E-state index contributed by atoms with van der Waals surface area (Å²) in [7, 11) is 0. The van der Waals surface area contributed by atoms with Gasteiger partial charge in [0.25, 0.3) is 0 Å². The van der Waals surface area contributed by atoms with Crippen LogP contribution in [-0.2, 0) is 4.79 Å². The van der Waals surface area contributed by atoms with Gasteiger partial charge in [0.15, 0.2) is 0 Å². The van der Waals surface area contributed by atoms with Gasteiger partial charge in [0.05, 0.1) is 12.3 Å². The van der Waals surface area contributed by atoms with Crippen molar-refractivity contribution in [1.29, 1.82) is 0 Å². The van der Waals surface area contributed by atoms with Gasteiger partial charge in [-0.05, 0) is 24.6 Å². The van der Waals surface area contributed by atoms with Gasteiger partial charge < -0.3 is 10.4 Å². The summed E-state index contributed by atoms with van der Waals surface area (Å²) in [5.74, 6) is 5.72. The predicted molar refractivity (Wildman–Crippen MR) is 78.2 cm³/mol. The molecule has 1 amide bonds. The van der Waals surface area contributed by atoms with Gasteiger partial charge in [-0.15, -0.1) is 0 Å². The molecule has 2 N–H and O–H groups in total. The highest BCUT2D eigenvalue weighted by atomic mass is 35.5. The van der Waals surface area contributed by atoms with Gasteiger partial charge in [0, 0.05) is 23.4 Å². The third kappa shape index (κ3) is 5.78. The molecule has 0 aliphatic carbocycles. The maximum atomic E-state index is 11.7. The van der Waals surface area contributed by atoms with E-state index in [0.29, 0.717) is 29.1 Å². The molecule has 0 aromatic heterocycles. The van der Waals surface area contributed by atoms with Gasteiger partial charge in [0.2, 0.25) is 5.91 Å². The van der Waals surface area contributed by atoms with E-state index >= 15 is 0 Å². The van der Waals surface area contributed by atoms with Gasteiger partial charge >= 0.3 is 0 Å². The number of anilines is 1. The second kappa shape index (κ2) is 8.58. The van der Waals surface area contributed by atoms with Gasteiger partial charge in [0.1, 0.15) is 0 Å². The number of carbonyl (C=O) groups excluding carboxylic acids is 1. The fraction of sp³-hybridized carbons (Fsp3) is 0.400. The van der Waals surface area contributed by atoms with E-state index in [9.17, 15) is 4.79 Å². The van der Waals surface area contributed by atoms with E-state index < -0.39 is 0 Å². The summed E-state index contributed by atoms with van der Waals surface area (Å²) >= 11 is 5.93. The van der Waals surface area contributed by atoms with Crippen molar-refractivity contribution in [3.8, 4) is 11.8 Å². The molecule has 4 heteroatoms. The number of aliphatic hydroxyl groups is 1. The molecule has 0 heterocycles. The molecule has 0 atom stereocenters. The van der Waals surface area contributed by atoms with Crippen molar-refractivity contribution in [2.75, 3.05) is 11.9 Å². The molecule has 0 aliphatic rings. The maximum absolute atomic E-state index is 11.7. The summed E-state index contributed by atoms with van der Waals surface area (Å²) in [4.78, 5) is 11.7. The number of carbonyl (C=O) groups is 1. The zero-order chi connectivity index (χ0) is 14.1. The zero-order valence-electron chi connectivity index (χ0n) is 11.0. The third-order valence-corrected chi connectivity index (χ3v) is 2.71. The molecule has 0 saturated carbocycles. The predicted octanol–water partition coefficient (Wildman–Crippen LogP) is 3.20. The molecule has 1 aromatic carbocycles. The monoisotopic (exact) mass is 279 g/mol. The van der Waals surface area contributed by atoms with E-state index in [-0.39, 0.29) is 12.5 Å². The van der Waals surface area contributed by atoms with Crippen LogP contribution in [0.15, 0.2) is 18.2 Å². The van der Waals surface area contributed by atoms with Crippen molar-refractivity contribution >= 4 is 23.2 Å². The first-order chi connectivity index (χ1) is 9.17. The Bertz CT molecular complexity index is 489. The number of unbranched alkanes of at least 4 members (excludes halogenated alkanes) is 1. The standard InChI is InChI=1S/C15H18ClNO2/c1-2-3-7-15(19)17-14-11-13(16)9-8-12(14)6-4-5-10-18/h8-9,11,18H,2-3,5,7,10H2,1H3,(H,17,19). The summed E-state index contributed by atoms with van der Waals surface area (Å²) in [5, 5.41) is 12.1. The molecule has 1 aromatic rings. The van der Waals surface area contributed by atoms with Gasteiger partial charge in [-0.1, -0.05) is 36.8 Å². The van der Waals surface area contributed by atoms with Crippen molar-refractivity contribution in [3.63, 3.8) is 0 Å². The molecule has 0 aliphatic heterocycles. The van der Waals surface area contributed by atoms with E-state index in [1.807, 2.05) is 6.92 Å². The fourth-order valence-electron chi connectivity index (χ4n) is 1.49. The molecule has 0 unspecified atom stereocenters. The summed E-state index contributed by atoms with van der Waals surface area (Å²) in [6, 6.07) is 5.18. The minimum atomic E-state index is -0.0330. The zero-order valence-corrected chi connectivity index (χ0v) is 11.8. The summed E-state index contributed by atoms with van der Waals surface area (Å²) in [6.45, 7) is 2.07. The Morgan fingerprint density at radius 1 is 1.47 bits per heavy atom. The van der Waals surface area contributed by atoms with Gasteiger partial charge in [-0.2, -0.15) is 0 Å². The largest absolute Gasteiger partial charge is 0.395 e. The Balaban J connectivity index is 2.83. The van der Waals surface area contributed by atoms with Crippen LogP contribution in [-0.4, -0.2) is 17.6 Å². The lowest BCUT2D eigenvalue weighted by Gasteiger charge is -2.07. The molecule has 102 valence electrons. The van der Waals surface area contributed by atoms with E-state index in [1.54, 1.807) is 18.2 Å². The Morgan fingerprint density at radius 3 is 2.95 bits per heavy atom. The molecular formula is C15H18ClNO2. The summed E-state index contributed by atoms with van der Waals surface area (Å²) < 4.78 is 0. The van der Waals surface area contributed by atoms with E-state index in [2.05, 4.69) is 17.2 Å². The Labute approximate surface area is 119 Å². The number of benzene rings is 1. The molecule has 0 bridgehead atoms. The Morgan fingerprint density at radius 2 is 2.26 bits per heavy atom. The highest BCUT2D eigenvalue weighted by molar-refractivity contribution is 6.31. The molecule has 0 spiro atoms. The number of halogens is 1. The van der Waals surface area contributed by atoms with Crippen LogP contribution >= 0.6 is 11.6 Å². The molecule has 19 heavy (non-hydrogen) atoms. The first-order valence-electron chi connectivity index (χ1n) is 6.36. The molecule has 3 nitrogen and oxygen atoms in total. The fourth-order valence-corrected chi connectivity index (χ4v) is 1.66. The normalized spacial score (nSPS) is 9.63. The molecule has 0 radical (unpaired) electrons. The number of aliphatic hydroxyl groups excluding tert-OH is 1. The van der Waals surface area contributed by atoms with Crippen molar-refractivity contribution in [3.05, 3.63) is 28.8 Å². The Kier molecular flexibility index (Phi) is 7.02. The van der Waals surface area contributed by atoms with Crippen molar-refractivity contribution in [2.45, 2.75) is 32.6 Å². The van der Waals surface area contributed by atoms with Crippen LogP contribution < -0.4 is 5.32 Å². The van der Waals surface area contributed by atoms with Crippen LogP contribution in [0.3, 0.4) is 0 Å². The van der Waals surface area contributed by atoms with E-state index in [0.717, 1.165) is 12.8 Å². The van der Waals surface area contributed by atoms with Crippen LogP contribution in [0.4, 0.5) is 5.69 Å². The minimum Gasteiger partial charge on any atom is -0.395 e. The number of hydrogen-bond donors (Lipinski definition) is 2. The topological polar surface area (TPSA) is 49.3 Å². The lowest BCUT2D eigenvalue weighted by atomic mass is 10.1. The van der Waals surface area contributed by atoms with Crippen molar-refractivity contribution in [2.24, 2.45) is 0 Å². The minimum absolute atomic E-state index is 0.0266. The van der Waals surface area contributed by atoms with Crippen LogP contribution in [0.5, 0.6) is 0 Å². The number of amides is 1. The second-order valence-corrected chi connectivity index (χ2v) is 4.55. The highest BCUT2D eigenvalue weighted by Crippen LogP contribution is 2.20. The summed E-state index contributed by atoms with van der Waals surface area (Å²) in [5.41, 5.74) is 1.33. The average Bonchev–Trinajstić information content (AvgIpc) is 2.39.